The summed E-state index contributed by atoms with van der Waals surface area (Å²) < 4.78 is 5.77. The first-order chi connectivity index (χ1) is 10.5. The fourth-order valence-corrected chi connectivity index (χ4v) is 2.66. The fourth-order valence-electron chi connectivity index (χ4n) is 1.72. The quantitative estimate of drug-likeness (QED) is 0.758. The van der Waals surface area contributed by atoms with Crippen molar-refractivity contribution in [1.82, 2.24) is 5.32 Å². The Labute approximate surface area is 146 Å². The van der Waals surface area contributed by atoms with E-state index in [1.54, 1.807) is 36.4 Å². The van der Waals surface area contributed by atoms with Crippen molar-refractivity contribution in [3.05, 3.63) is 57.5 Å². The number of nitrogens with one attached hydrogen (secondary N) is 2. The highest BCUT2D eigenvalue weighted by atomic mass is 79.9. The Morgan fingerprint density at radius 3 is 2.64 bits per heavy atom. The lowest BCUT2D eigenvalue weighted by molar-refractivity contribution is 0.0977. The van der Waals surface area contributed by atoms with E-state index >= 15 is 0 Å². The summed E-state index contributed by atoms with van der Waals surface area (Å²) >= 11 is 14.5. The Morgan fingerprint density at radius 1 is 1.27 bits per heavy atom. The number of methoxy groups -OCH3 is 1. The molecule has 0 fully saturated rings. The minimum Gasteiger partial charge on any atom is -0.495 e. The Balaban J connectivity index is 2.03. The highest BCUT2D eigenvalue weighted by molar-refractivity contribution is 9.10. The number of anilines is 1. The van der Waals surface area contributed by atoms with Gasteiger partial charge in [0, 0.05) is 10.2 Å². The van der Waals surface area contributed by atoms with Crippen molar-refractivity contribution in [3.8, 4) is 5.75 Å². The van der Waals surface area contributed by atoms with Crippen molar-refractivity contribution in [2.45, 2.75) is 0 Å². The number of hydrogen-bond acceptors (Lipinski definition) is 3. The lowest BCUT2D eigenvalue weighted by Gasteiger charge is -2.11. The van der Waals surface area contributed by atoms with Crippen LogP contribution in [0.2, 0.25) is 5.02 Å². The SMILES string of the molecule is COc1ccc(NC(=S)NC(=O)c2ccccc2Br)cc1Cl. The van der Waals surface area contributed by atoms with Gasteiger partial charge in [0.15, 0.2) is 5.11 Å². The number of halogens is 2. The molecule has 0 saturated heterocycles. The van der Waals surface area contributed by atoms with Crippen LogP contribution in [0, 0.1) is 0 Å². The number of ether oxygens (including phenoxy) is 1. The Bertz CT molecular complexity index is 724. The largest absolute Gasteiger partial charge is 0.495 e. The van der Waals surface area contributed by atoms with Crippen molar-refractivity contribution < 1.29 is 9.53 Å². The van der Waals surface area contributed by atoms with Gasteiger partial charge in [0.25, 0.3) is 5.91 Å². The van der Waals surface area contributed by atoms with Gasteiger partial charge in [-0.05, 0) is 58.5 Å². The van der Waals surface area contributed by atoms with Gasteiger partial charge in [-0.3, -0.25) is 10.1 Å². The second-order valence-corrected chi connectivity index (χ2v) is 5.91. The summed E-state index contributed by atoms with van der Waals surface area (Å²) in [5.74, 6) is 0.264. The molecule has 0 aromatic heterocycles. The normalized spacial score (nSPS) is 9.95. The van der Waals surface area contributed by atoms with E-state index in [0.29, 0.717) is 26.5 Å². The van der Waals surface area contributed by atoms with Gasteiger partial charge in [-0.15, -0.1) is 0 Å². The third-order valence-electron chi connectivity index (χ3n) is 2.76. The average Bonchev–Trinajstić information content (AvgIpc) is 2.47. The molecular formula is C15H12BrClN2O2S. The first kappa shape index (κ1) is 16.7. The predicted molar refractivity (Wildman–Crippen MR) is 95.8 cm³/mol. The third kappa shape index (κ3) is 4.19. The summed E-state index contributed by atoms with van der Waals surface area (Å²) in [5.41, 5.74) is 1.16. The predicted octanol–water partition coefficient (Wildman–Crippen LogP) is 4.24. The van der Waals surface area contributed by atoms with E-state index in [4.69, 9.17) is 28.6 Å². The first-order valence-electron chi connectivity index (χ1n) is 6.21. The van der Waals surface area contributed by atoms with Crippen LogP contribution in [0.15, 0.2) is 46.9 Å². The fraction of sp³-hybridized carbons (Fsp3) is 0.0667. The van der Waals surface area contributed by atoms with Gasteiger partial charge >= 0.3 is 0 Å². The van der Waals surface area contributed by atoms with Crippen LogP contribution in [-0.2, 0) is 0 Å². The lowest BCUT2D eigenvalue weighted by Crippen LogP contribution is -2.34. The van der Waals surface area contributed by atoms with E-state index in [9.17, 15) is 4.79 Å². The summed E-state index contributed by atoms with van der Waals surface area (Å²) in [4.78, 5) is 12.1. The molecule has 0 bridgehead atoms. The van der Waals surface area contributed by atoms with Crippen LogP contribution in [0.3, 0.4) is 0 Å². The average molecular weight is 400 g/mol. The van der Waals surface area contributed by atoms with Gasteiger partial charge in [0.1, 0.15) is 5.75 Å². The smallest absolute Gasteiger partial charge is 0.258 e. The molecule has 7 heteroatoms. The van der Waals surface area contributed by atoms with Crippen molar-refractivity contribution in [2.75, 3.05) is 12.4 Å². The second kappa shape index (κ2) is 7.58. The molecular weight excluding hydrogens is 388 g/mol. The summed E-state index contributed by atoms with van der Waals surface area (Å²) in [5, 5.41) is 6.14. The summed E-state index contributed by atoms with van der Waals surface area (Å²) in [7, 11) is 1.54. The Hall–Kier alpha value is -1.63. The lowest BCUT2D eigenvalue weighted by atomic mass is 10.2. The van der Waals surface area contributed by atoms with E-state index in [1.807, 2.05) is 6.07 Å². The minimum atomic E-state index is -0.301. The molecule has 0 aliphatic rings. The highest BCUT2D eigenvalue weighted by Gasteiger charge is 2.11. The van der Waals surface area contributed by atoms with E-state index < -0.39 is 0 Å². The second-order valence-electron chi connectivity index (χ2n) is 4.24. The van der Waals surface area contributed by atoms with Gasteiger partial charge in [0.2, 0.25) is 0 Å². The maximum Gasteiger partial charge on any atom is 0.258 e. The molecule has 0 unspecified atom stereocenters. The van der Waals surface area contributed by atoms with Gasteiger partial charge in [0.05, 0.1) is 17.7 Å². The molecule has 4 nitrogen and oxygen atoms in total. The monoisotopic (exact) mass is 398 g/mol. The van der Waals surface area contributed by atoms with Crippen molar-refractivity contribution in [1.29, 1.82) is 0 Å². The molecule has 0 spiro atoms. The van der Waals surface area contributed by atoms with Crippen molar-refractivity contribution >= 4 is 56.5 Å². The Kier molecular flexibility index (Phi) is 5.76. The van der Waals surface area contributed by atoms with Crippen molar-refractivity contribution in [2.24, 2.45) is 0 Å². The van der Waals surface area contributed by atoms with Crippen LogP contribution in [0.5, 0.6) is 5.75 Å². The zero-order chi connectivity index (χ0) is 16.1. The van der Waals surface area contributed by atoms with E-state index in [0.717, 1.165) is 0 Å². The molecule has 0 aliphatic carbocycles. The topological polar surface area (TPSA) is 50.4 Å². The number of amides is 1. The molecule has 0 radical (unpaired) electrons. The summed E-state index contributed by atoms with van der Waals surface area (Å²) in [6.07, 6.45) is 0. The number of benzene rings is 2. The maximum absolute atomic E-state index is 12.1. The van der Waals surface area contributed by atoms with Gasteiger partial charge in [-0.25, -0.2) is 0 Å². The zero-order valence-electron chi connectivity index (χ0n) is 11.5. The van der Waals surface area contributed by atoms with E-state index in [2.05, 4.69) is 26.6 Å². The number of thiocarbonyl (C=S) groups is 1. The number of carbonyl (C=O) groups is 1. The van der Waals surface area contributed by atoms with Crippen LogP contribution < -0.4 is 15.4 Å². The summed E-state index contributed by atoms with van der Waals surface area (Å²) in [6, 6.07) is 12.2. The van der Waals surface area contributed by atoms with Gasteiger partial charge in [-0.2, -0.15) is 0 Å². The van der Waals surface area contributed by atoms with Crippen LogP contribution in [0.1, 0.15) is 10.4 Å². The molecule has 2 aromatic rings. The first-order valence-corrected chi connectivity index (χ1v) is 7.79. The molecule has 2 rings (SSSR count). The number of hydrogen-bond donors (Lipinski definition) is 2. The van der Waals surface area contributed by atoms with Crippen LogP contribution >= 0.6 is 39.7 Å². The van der Waals surface area contributed by atoms with Gasteiger partial charge < -0.3 is 10.1 Å². The molecule has 114 valence electrons. The molecule has 0 aliphatic heterocycles. The van der Waals surface area contributed by atoms with E-state index in [1.165, 1.54) is 7.11 Å². The van der Waals surface area contributed by atoms with Crippen LogP contribution in [-0.4, -0.2) is 18.1 Å². The molecule has 0 saturated carbocycles. The molecule has 2 N–H and O–H groups in total. The van der Waals surface area contributed by atoms with Crippen molar-refractivity contribution in [3.63, 3.8) is 0 Å². The highest BCUT2D eigenvalue weighted by Crippen LogP contribution is 2.27. The number of carbonyl (C=O) groups excluding carboxylic acids is 1. The number of rotatable bonds is 3. The van der Waals surface area contributed by atoms with E-state index in [-0.39, 0.29) is 11.0 Å². The Morgan fingerprint density at radius 2 is 2.00 bits per heavy atom. The maximum atomic E-state index is 12.1. The van der Waals surface area contributed by atoms with Gasteiger partial charge in [-0.1, -0.05) is 23.7 Å². The third-order valence-corrected chi connectivity index (χ3v) is 3.95. The molecule has 0 heterocycles. The van der Waals surface area contributed by atoms with Crippen LogP contribution in [0.25, 0.3) is 0 Å². The molecule has 0 atom stereocenters. The van der Waals surface area contributed by atoms with Crippen LogP contribution in [0.4, 0.5) is 5.69 Å². The molecule has 1 amide bonds. The molecule has 2 aromatic carbocycles. The zero-order valence-corrected chi connectivity index (χ0v) is 14.7. The molecule has 22 heavy (non-hydrogen) atoms. The minimum absolute atomic E-state index is 0.182. The standard InChI is InChI=1S/C15H12BrClN2O2S/c1-21-13-7-6-9(8-12(13)17)18-15(22)19-14(20)10-4-2-3-5-11(10)16/h2-8H,1H3,(H2,18,19,20,22). The summed E-state index contributed by atoms with van der Waals surface area (Å²) in [6.45, 7) is 0.